The molecule has 0 amide bonds. The Morgan fingerprint density at radius 1 is 1.06 bits per heavy atom. The number of aromatic nitrogens is 1. The van der Waals surface area contributed by atoms with Crippen LogP contribution in [0, 0.1) is 0 Å². The fourth-order valence-corrected chi connectivity index (χ4v) is 4.46. The monoisotopic (exact) mass is 490 g/mol. The molecule has 0 bridgehead atoms. The molecular formula is C25H19BrN2O4. The molecule has 0 fully saturated rings. The van der Waals surface area contributed by atoms with Crippen LogP contribution in [0.3, 0.4) is 0 Å². The number of halogens is 1. The van der Waals surface area contributed by atoms with Crippen LogP contribution in [0.4, 0.5) is 0 Å². The van der Waals surface area contributed by atoms with Crippen molar-refractivity contribution < 1.29 is 19.2 Å². The van der Waals surface area contributed by atoms with E-state index in [2.05, 4.69) is 32.6 Å². The summed E-state index contributed by atoms with van der Waals surface area (Å²) in [5, 5.41) is 5.82. The smallest absolute Gasteiger partial charge is 0.331 e. The Balaban J connectivity index is 1.70. The van der Waals surface area contributed by atoms with Gasteiger partial charge in [0.15, 0.2) is 5.78 Å². The molecule has 0 atom stereocenters. The summed E-state index contributed by atoms with van der Waals surface area (Å²) in [7, 11) is 0. The van der Waals surface area contributed by atoms with Crippen molar-refractivity contribution in [2.45, 2.75) is 20.4 Å². The highest BCUT2D eigenvalue weighted by Gasteiger charge is 2.26. The Kier molecular flexibility index (Phi) is 5.06. The van der Waals surface area contributed by atoms with E-state index in [-0.39, 0.29) is 12.4 Å². The summed E-state index contributed by atoms with van der Waals surface area (Å²) in [6.45, 7) is 4.38. The van der Waals surface area contributed by atoms with Crippen LogP contribution in [0.1, 0.15) is 35.3 Å². The molecular weight excluding hydrogens is 472 g/mol. The van der Waals surface area contributed by atoms with Crippen molar-refractivity contribution in [1.82, 2.24) is 4.57 Å². The molecule has 0 N–H and O–H groups in total. The summed E-state index contributed by atoms with van der Waals surface area (Å²) in [5.74, 6) is 0.173. The number of carbonyl (C=O) groups is 2. The number of carbonyl (C=O) groups excluding carboxylic acids is 2. The maximum absolute atomic E-state index is 13.1. The minimum atomic E-state index is -0.481. The topological polar surface area (TPSA) is 69.9 Å². The number of rotatable bonds is 4. The second-order valence-electron chi connectivity index (χ2n) is 7.56. The van der Waals surface area contributed by atoms with Gasteiger partial charge < -0.3 is 14.1 Å². The summed E-state index contributed by atoms with van der Waals surface area (Å²) in [4.78, 5) is 29.1. The third kappa shape index (κ3) is 3.29. The standard InChI is InChI=1S/C25H19BrN2O4/c1-3-28-21-10-6-16(24(30)15-4-7-17(26)8-5-15)12-19(21)23-22(28)11-9-18-20(13-31-25(18)23)27-32-14(2)29/h4-12H,3,13H2,1-2H3/b27-20+. The average molecular weight is 491 g/mol. The van der Waals surface area contributed by atoms with Crippen LogP contribution in [-0.2, 0) is 16.2 Å². The first-order valence-electron chi connectivity index (χ1n) is 10.2. The Labute approximate surface area is 192 Å². The minimum absolute atomic E-state index is 0.0394. The third-order valence-electron chi connectivity index (χ3n) is 5.62. The van der Waals surface area contributed by atoms with E-state index in [1.54, 1.807) is 0 Å². The van der Waals surface area contributed by atoms with Crippen LogP contribution in [-0.4, -0.2) is 28.6 Å². The summed E-state index contributed by atoms with van der Waals surface area (Å²) in [6.07, 6.45) is 0. The van der Waals surface area contributed by atoms with Crippen molar-refractivity contribution in [2.75, 3.05) is 6.61 Å². The van der Waals surface area contributed by atoms with E-state index in [4.69, 9.17) is 9.57 Å². The molecule has 0 unspecified atom stereocenters. The van der Waals surface area contributed by atoms with E-state index in [0.717, 1.165) is 38.4 Å². The molecule has 160 valence electrons. The molecule has 32 heavy (non-hydrogen) atoms. The maximum atomic E-state index is 13.1. The van der Waals surface area contributed by atoms with E-state index in [1.165, 1.54) is 6.92 Å². The summed E-state index contributed by atoms with van der Waals surface area (Å²) < 4.78 is 9.12. The SMILES string of the molecule is CCn1c2ccc(C(=O)c3ccc(Br)cc3)cc2c2c3c(ccc21)/C(=N/OC(C)=O)CO3. The van der Waals surface area contributed by atoms with Gasteiger partial charge in [0.25, 0.3) is 0 Å². The Morgan fingerprint density at radius 2 is 1.78 bits per heavy atom. The lowest BCUT2D eigenvalue weighted by atomic mass is 10.00. The number of aryl methyl sites for hydroxylation is 1. The van der Waals surface area contributed by atoms with Gasteiger partial charge in [0, 0.05) is 45.5 Å². The van der Waals surface area contributed by atoms with Crippen LogP contribution in [0.5, 0.6) is 5.75 Å². The number of oxime groups is 1. The molecule has 0 spiro atoms. The normalized spacial score (nSPS) is 14.0. The van der Waals surface area contributed by atoms with Gasteiger partial charge in [-0.25, -0.2) is 4.79 Å². The molecule has 0 aliphatic carbocycles. The highest BCUT2D eigenvalue weighted by molar-refractivity contribution is 9.10. The molecule has 4 aromatic rings. The predicted octanol–water partition coefficient (Wildman–Crippen LogP) is 5.47. The second kappa shape index (κ2) is 7.91. The summed E-state index contributed by atoms with van der Waals surface area (Å²) in [5.41, 5.74) is 4.64. The molecule has 3 aromatic carbocycles. The van der Waals surface area contributed by atoms with Gasteiger partial charge in [-0.1, -0.05) is 21.1 Å². The highest BCUT2D eigenvalue weighted by Crippen LogP contribution is 2.41. The van der Waals surface area contributed by atoms with E-state index in [0.29, 0.717) is 22.6 Å². The number of ketones is 1. The molecule has 2 heterocycles. The molecule has 1 aliphatic heterocycles. The lowest BCUT2D eigenvalue weighted by Gasteiger charge is -2.04. The first-order chi connectivity index (χ1) is 15.5. The van der Waals surface area contributed by atoms with Crippen molar-refractivity contribution >= 4 is 55.2 Å². The van der Waals surface area contributed by atoms with Gasteiger partial charge in [-0.15, -0.1) is 0 Å². The zero-order valence-electron chi connectivity index (χ0n) is 17.5. The van der Waals surface area contributed by atoms with Crippen molar-refractivity contribution in [2.24, 2.45) is 5.16 Å². The van der Waals surface area contributed by atoms with E-state index in [9.17, 15) is 9.59 Å². The van der Waals surface area contributed by atoms with Crippen LogP contribution >= 0.6 is 15.9 Å². The van der Waals surface area contributed by atoms with Crippen LogP contribution in [0.2, 0.25) is 0 Å². The number of fused-ring (bicyclic) bond motifs is 5. The lowest BCUT2D eigenvalue weighted by molar-refractivity contribution is -0.140. The van der Waals surface area contributed by atoms with Crippen molar-refractivity contribution in [1.29, 1.82) is 0 Å². The Bertz CT molecular complexity index is 1430. The Hall–Kier alpha value is -3.45. The second-order valence-corrected chi connectivity index (χ2v) is 8.47. The quantitative estimate of drug-likeness (QED) is 0.216. The van der Waals surface area contributed by atoms with Gasteiger partial charge in [-0.2, -0.15) is 0 Å². The van der Waals surface area contributed by atoms with Crippen molar-refractivity contribution in [3.05, 3.63) is 75.8 Å². The third-order valence-corrected chi connectivity index (χ3v) is 6.15. The number of benzene rings is 3. The Morgan fingerprint density at radius 3 is 2.50 bits per heavy atom. The highest BCUT2D eigenvalue weighted by atomic mass is 79.9. The zero-order valence-corrected chi connectivity index (χ0v) is 19.1. The van der Waals surface area contributed by atoms with Crippen molar-refractivity contribution in [3.8, 4) is 5.75 Å². The molecule has 0 saturated carbocycles. The van der Waals surface area contributed by atoms with Crippen LogP contribution in [0.25, 0.3) is 21.8 Å². The first-order valence-corrected chi connectivity index (χ1v) is 11.0. The molecule has 0 saturated heterocycles. The summed E-state index contributed by atoms with van der Waals surface area (Å²) >= 11 is 3.41. The van der Waals surface area contributed by atoms with E-state index >= 15 is 0 Å². The van der Waals surface area contributed by atoms with Gasteiger partial charge >= 0.3 is 5.97 Å². The number of hydrogen-bond donors (Lipinski definition) is 0. The molecule has 1 aliphatic rings. The largest absolute Gasteiger partial charge is 0.486 e. The minimum Gasteiger partial charge on any atom is -0.486 e. The summed E-state index contributed by atoms with van der Waals surface area (Å²) in [6, 6.07) is 17.1. The average Bonchev–Trinajstić information content (AvgIpc) is 3.35. The van der Waals surface area contributed by atoms with E-state index < -0.39 is 5.97 Å². The molecule has 5 rings (SSSR count). The fraction of sp³-hybridized carbons (Fsp3) is 0.160. The van der Waals surface area contributed by atoms with Crippen LogP contribution < -0.4 is 4.74 Å². The van der Waals surface area contributed by atoms with Gasteiger partial charge in [-0.3, -0.25) is 4.79 Å². The molecule has 0 radical (unpaired) electrons. The first kappa shape index (κ1) is 20.5. The van der Waals surface area contributed by atoms with Gasteiger partial charge in [0.1, 0.15) is 18.1 Å². The number of nitrogens with zero attached hydrogens (tertiary/aromatic N) is 2. The predicted molar refractivity (Wildman–Crippen MR) is 126 cm³/mol. The van der Waals surface area contributed by atoms with Gasteiger partial charge in [-0.05, 0) is 61.5 Å². The molecule has 6 nitrogen and oxygen atoms in total. The zero-order chi connectivity index (χ0) is 22.4. The molecule has 1 aromatic heterocycles. The maximum Gasteiger partial charge on any atom is 0.331 e. The van der Waals surface area contributed by atoms with Gasteiger partial charge in [0.05, 0.1) is 10.9 Å². The number of hydrogen-bond acceptors (Lipinski definition) is 5. The van der Waals surface area contributed by atoms with Crippen LogP contribution in [0.15, 0.2) is 64.2 Å². The van der Waals surface area contributed by atoms with Crippen molar-refractivity contribution in [3.63, 3.8) is 0 Å². The van der Waals surface area contributed by atoms with Gasteiger partial charge in [0.2, 0.25) is 0 Å². The number of ether oxygens (including phenoxy) is 1. The lowest BCUT2D eigenvalue weighted by Crippen LogP contribution is -2.04. The molecule has 7 heteroatoms. The van der Waals surface area contributed by atoms with E-state index in [1.807, 2.05) is 54.6 Å². The fourth-order valence-electron chi connectivity index (χ4n) is 4.20.